The summed E-state index contributed by atoms with van der Waals surface area (Å²) in [5.41, 5.74) is 4.06. The zero-order chi connectivity index (χ0) is 47.7. The molecule has 2 saturated heterocycles. The molecule has 4 heterocycles. The first-order valence-corrected chi connectivity index (χ1v) is 23.3. The molecule has 6 aromatic carbocycles. The van der Waals surface area contributed by atoms with Gasteiger partial charge < -0.3 is 26.0 Å². The van der Waals surface area contributed by atoms with Crippen LogP contribution in [0.1, 0.15) is 57.5 Å². The Kier molecular flexibility index (Phi) is 17.4. The maximum atomic E-state index is 13.1. The van der Waals surface area contributed by atoms with Gasteiger partial charge in [-0.15, -0.1) is 0 Å². The van der Waals surface area contributed by atoms with E-state index in [0.29, 0.717) is 28.6 Å². The molecular formula is C55H55LiN8O7. The third kappa shape index (κ3) is 12.7. The fraction of sp³-hybridized carbons (Fsp3) is 0.236. The predicted octanol–water partition coefficient (Wildman–Crippen LogP) is 5.24. The second-order valence-electron chi connectivity index (χ2n) is 17.5. The number of nitrogens with one attached hydrogen (secondary N) is 2. The standard InChI is InChI=1S/C28H28N4O3.C27H26N4O3.Li.H2O/c1-35-28(34)22-8-10-25(11-9-22)32-17-14-29-26(27(32)33)30-24-12-15-31(16-13-24)19-20-6-7-21-4-2-3-5-23(21)18-20;32-26-25(28-13-16-31(26)24-9-7-21(8-10-24)27(33)34)29-23-11-14-30(15-12-23)18-19-5-6-20-3-1-2-4-22(20)17-19;;/h2-11,14,17-18,24H,12-13,15-16,19H2,1H3,(H,29,30);1-10,13,16-17,23H,11-12,14-15,18H2,(H,28,29)(H,33,34);;1H2/q;;+1;/p-1. The summed E-state index contributed by atoms with van der Waals surface area (Å²) in [6, 6.07) is 43.5. The Balaban J connectivity index is 0.000000203. The molecule has 0 aliphatic carbocycles. The van der Waals surface area contributed by atoms with E-state index in [4.69, 9.17) is 9.84 Å². The summed E-state index contributed by atoms with van der Waals surface area (Å²) in [6.45, 7) is 5.65. The first-order chi connectivity index (χ1) is 33.7. The number of hydrogen-bond donors (Lipinski definition) is 3. The van der Waals surface area contributed by atoms with Crippen LogP contribution in [-0.2, 0) is 17.8 Å². The van der Waals surface area contributed by atoms with E-state index in [0.717, 1.165) is 65.0 Å². The minimum absolute atomic E-state index is 0. The molecule has 0 atom stereocenters. The van der Waals surface area contributed by atoms with Crippen molar-refractivity contribution in [2.24, 2.45) is 0 Å². The monoisotopic (exact) mass is 946 g/mol. The van der Waals surface area contributed by atoms with E-state index in [-0.39, 0.29) is 53.1 Å². The Bertz CT molecular complexity index is 3200. The number of carboxylic acids is 1. The second kappa shape index (κ2) is 24.0. The minimum atomic E-state index is -0.997. The number of nitrogens with zero attached hydrogens (tertiary/aromatic N) is 6. The number of esters is 1. The molecule has 16 heteroatoms. The molecule has 71 heavy (non-hydrogen) atoms. The molecule has 0 saturated carbocycles. The van der Waals surface area contributed by atoms with E-state index >= 15 is 0 Å². The number of carbonyl (C=O) groups excluding carboxylic acids is 1. The van der Waals surface area contributed by atoms with Crippen molar-refractivity contribution in [3.63, 3.8) is 0 Å². The van der Waals surface area contributed by atoms with Crippen LogP contribution < -0.4 is 40.6 Å². The molecule has 8 aromatic rings. The molecule has 358 valence electrons. The van der Waals surface area contributed by atoms with Crippen molar-refractivity contribution < 1.29 is 43.8 Å². The van der Waals surface area contributed by atoms with Gasteiger partial charge in [0.25, 0.3) is 11.1 Å². The Labute approximate surface area is 423 Å². The van der Waals surface area contributed by atoms with Gasteiger partial charge in [-0.3, -0.25) is 28.5 Å². The summed E-state index contributed by atoms with van der Waals surface area (Å²) >= 11 is 0. The molecule has 15 nitrogen and oxygen atoms in total. The van der Waals surface area contributed by atoms with Crippen molar-refractivity contribution in [1.29, 1.82) is 0 Å². The molecule has 2 aromatic heterocycles. The second-order valence-corrected chi connectivity index (χ2v) is 17.5. The fourth-order valence-electron chi connectivity index (χ4n) is 9.12. The number of likely N-dealkylation sites (tertiary alicyclic amines) is 2. The Morgan fingerprint density at radius 1 is 0.577 bits per heavy atom. The van der Waals surface area contributed by atoms with Crippen LogP contribution in [0.25, 0.3) is 32.9 Å². The van der Waals surface area contributed by atoms with Crippen molar-refractivity contribution >= 4 is 45.1 Å². The third-order valence-corrected chi connectivity index (χ3v) is 12.9. The quantitative estimate of drug-likeness (QED) is 0.107. The van der Waals surface area contributed by atoms with Crippen LogP contribution in [-0.4, -0.2) is 96.8 Å². The van der Waals surface area contributed by atoms with Crippen molar-refractivity contribution in [2.75, 3.05) is 43.9 Å². The minimum Gasteiger partial charge on any atom is -0.870 e. The normalized spacial score (nSPS) is 14.3. The average Bonchev–Trinajstić information content (AvgIpc) is 3.38. The molecule has 0 bridgehead atoms. The van der Waals surface area contributed by atoms with Crippen LogP contribution in [0, 0.1) is 0 Å². The summed E-state index contributed by atoms with van der Waals surface area (Å²) in [5, 5.41) is 20.8. The molecule has 2 fully saturated rings. The average molecular weight is 947 g/mol. The van der Waals surface area contributed by atoms with Crippen molar-refractivity contribution in [3.8, 4) is 11.4 Å². The number of methoxy groups -OCH3 is 1. The molecule has 0 spiro atoms. The van der Waals surface area contributed by atoms with Crippen LogP contribution in [0.2, 0.25) is 0 Å². The first kappa shape index (κ1) is 51.5. The molecule has 0 unspecified atom stereocenters. The molecule has 4 N–H and O–H groups in total. The number of rotatable bonds is 12. The summed E-state index contributed by atoms with van der Waals surface area (Å²) in [5.74, 6) is -0.744. The molecule has 0 amide bonds. The third-order valence-electron chi connectivity index (χ3n) is 12.9. The van der Waals surface area contributed by atoms with E-state index in [1.54, 1.807) is 61.2 Å². The van der Waals surface area contributed by atoms with Gasteiger partial charge in [-0.25, -0.2) is 19.6 Å². The van der Waals surface area contributed by atoms with Gasteiger partial charge in [0, 0.05) is 87.5 Å². The number of carbonyl (C=O) groups is 2. The van der Waals surface area contributed by atoms with Crippen molar-refractivity contribution in [1.82, 2.24) is 28.9 Å². The van der Waals surface area contributed by atoms with Crippen LogP contribution >= 0.6 is 0 Å². The van der Waals surface area contributed by atoms with Gasteiger partial charge in [0.1, 0.15) is 0 Å². The SMILES string of the molecule is COC(=O)c1ccc(-n2ccnc(NC3CCN(Cc4ccc5ccccc5c4)CC3)c2=O)cc1.O=C(O)c1ccc(-n2ccnc(NC3CCN(Cc4ccc5ccccc5c4)CC3)c2=O)cc1.[Li+].[OH-]. The molecular weight excluding hydrogens is 892 g/mol. The van der Waals surface area contributed by atoms with Gasteiger partial charge in [-0.05, 0) is 119 Å². The van der Waals surface area contributed by atoms with Crippen LogP contribution in [0.5, 0.6) is 0 Å². The summed E-state index contributed by atoms with van der Waals surface area (Å²) in [7, 11) is 1.34. The molecule has 10 rings (SSSR count). The van der Waals surface area contributed by atoms with Crippen LogP contribution in [0.4, 0.5) is 11.6 Å². The number of fused-ring (bicyclic) bond motifs is 2. The molecule has 2 aliphatic heterocycles. The van der Waals surface area contributed by atoms with E-state index in [2.05, 4.69) is 115 Å². The van der Waals surface area contributed by atoms with Crippen LogP contribution in [0.3, 0.4) is 0 Å². The zero-order valence-corrected chi connectivity index (χ0v) is 39.9. The fourth-order valence-corrected chi connectivity index (χ4v) is 9.12. The number of hydrogen-bond acceptors (Lipinski definition) is 12. The van der Waals surface area contributed by atoms with Crippen molar-refractivity contribution in [2.45, 2.75) is 50.9 Å². The maximum Gasteiger partial charge on any atom is 1.00 e. The smallest absolute Gasteiger partial charge is 0.870 e. The topological polar surface area (TPSA) is 194 Å². The van der Waals surface area contributed by atoms with Gasteiger partial charge in [-0.2, -0.15) is 0 Å². The predicted molar refractivity (Wildman–Crippen MR) is 272 cm³/mol. The van der Waals surface area contributed by atoms with Gasteiger partial charge in [-0.1, -0.05) is 72.8 Å². The number of benzene rings is 6. The van der Waals surface area contributed by atoms with Crippen LogP contribution in [0.15, 0.2) is 168 Å². The number of aromatic nitrogens is 4. The number of carboxylic acid groups (broad SMARTS) is 1. The van der Waals surface area contributed by atoms with Gasteiger partial charge >= 0.3 is 30.8 Å². The number of piperidine rings is 2. The largest absolute Gasteiger partial charge is 1.00 e. The summed E-state index contributed by atoms with van der Waals surface area (Å²) in [6.07, 6.45) is 10.2. The number of aromatic carboxylic acids is 1. The van der Waals surface area contributed by atoms with E-state index in [1.165, 1.54) is 61.0 Å². The van der Waals surface area contributed by atoms with Gasteiger partial charge in [0.15, 0.2) is 11.6 Å². The van der Waals surface area contributed by atoms with Gasteiger partial charge in [0.05, 0.1) is 18.2 Å². The van der Waals surface area contributed by atoms with Gasteiger partial charge in [0.2, 0.25) is 0 Å². The molecule has 2 aliphatic rings. The van der Waals surface area contributed by atoms with Crippen molar-refractivity contribution in [3.05, 3.63) is 201 Å². The zero-order valence-electron chi connectivity index (χ0n) is 39.9. The Hall–Kier alpha value is -7.38. The van der Waals surface area contributed by atoms with E-state index < -0.39 is 11.9 Å². The maximum absolute atomic E-state index is 13.1. The van der Waals surface area contributed by atoms with E-state index in [9.17, 15) is 19.2 Å². The van der Waals surface area contributed by atoms with E-state index in [1.807, 2.05) is 0 Å². The number of ether oxygens (including phenoxy) is 1. The Morgan fingerprint density at radius 3 is 1.37 bits per heavy atom. The molecule has 0 radical (unpaired) electrons. The number of anilines is 2. The first-order valence-electron chi connectivity index (χ1n) is 23.3. The summed E-state index contributed by atoms with van der Waals surface area (Å²) < 4.78 is 7.75. The Morgan fingerprint density at radius 2 is 0.972 bits per heavy atom. The summed E-state index contributed by atoms with van der Waals surface area (Å²) in [4.78, 5) is 62.3.